The molecule has 1 unspecified atom stereocenters. The lowest BCUT2D eigenvalue weighted by molar-refractivity contribution is -0.128. The van der Waals surface area contributed by atoms with Crippen LogP contribution in [0.4, 0.5) is 10.5 Å². The van der Waals surface area contributed by atoms with Crippen LogP contribution in [0.15, 0.2) is 24.3 Å². The minimum absolute atomic E-state index is 0.0396. The Morgan fingerprint density at radius 1 is 1.20 bits per heavy atom. The molecule has 1 aromatic rings. The van der Waals surface area contributed by atoms with Gasteiger partial charge in [0, 0.05) is 30.2 Å². The van der Waals surface area contributed by atoms with E-state index >= 15 is 0 Å². The fraction of sp³-hybridized carbons (Fsp3) is 0.600. The second-order valence-electron chi connectivity index (χ2n) is 7.91. The first-order valence-corrected chi connectivity index (χ1v) is 9.33. The maximum Gasteiger partial charge on any atom is 0.321 e. The van der Waals surface area contributed by atoms with Crippen molar-refractivity contribution in [2.24, 2.45) is 11.3 Å². The summed E-state index contributed by atoms with van der Waals surface area (Å²) in [6, 6.07) is 7.81. The SMILES string of the molecule is Cc1ccccc1NC(=O)N1CC(C(=O)NC(C)C)C2(CCCC2)C1. The van der Waals surface area contributed by atoms with Crippen molar-refractivity contribution in [2.75, 3.05) is 18.4 Å². The molecule has 3 rings (SSSR count). The summed E-state index contributed by atoms with van der Waals surface area (Å²) >= 11 is 0. The molecule has 3 amide bonds. The average Bonchev–Trinajstić information content (AvgIpc) is 3.17. The largest absolute Gasteiger partial charge is 0.354 e. The van der Waals surface area contributed by atoms with Crippen LogP contribution in [-0.4, -0.2) is 36.0 Å². The van der Waals surface area contributed by atoms with E-state index < -0.39 is 0 Å². The smallest absolute Gasteiger partial charge is 0.321 e. The van der Waals surface area contributed by atoms with Gasteiger partial charge in [-0.25, -0.2) is 4.79 Å². The zero-order chi connectivity index (χ0) is 18.0. The number of anilines is 1. The van der Waals surface area contributed by atoms with Crippen molar-refractivity contribution in [3.8, 4) is 0 Å². The standard InChI is InChI=1S/C20H29N3O2/c1-14(2)21-18(24)16-12-23(13-20(16)10-6-7-11-20)19(25)22-17-9-5-4-8-15(17)3/h4-5,8-9,14,16H,6-7,10-13H2,1-3H3,(H,21,24)(H,22,25). The van der Waals surface area contributed by atoms with Gasteiger partial charge in [0.15, 0.2) is 0 Å². The highest BCUT2D eigenvalue weighted by molar-refractivity contribution is 5.91. The zero-order valence-corrected chi connectivity index (χ0v) is 15.5. The molecule has 1 saturated carbocycles. The van der Waals surface area contributed by atoms with Crippen LogP contribution in [0.1, 0.15) is 45.1 Å². The molecule has 2 N–H and O–H groups in total. The van der Waals surface area contributed by atoms with E-state index in [1.807, 2.05) is 49.9 Å². The van der Waals surface area contributed by atoms with E-state index in [1.54, 1.807) is 0 Å². The fourth-order valence-corrected chi connectivity index (χ4v) is 4.36. The van der Waals surface area contributed by atoms with Gasteiger partial charge in [-0.15, -0.1) is 0 Å². The minimum Gasteiger partial charge on any atom is -0.354 e. The molecule has 1 saturated heterocycles. The van der Waals surface area contributed by atoms with Crippen molar-refractivity contribution in [1.29, 1.82) is 0 Å². The normalized spacial score (nSPS) is 21.8. The van der Waals surface area contributed by atoms with Crippen LogP contribution in [0, 0.1) is 18.3 Å². The molecular formula is C20H29N3O2. The highest BCUT2D eigenvalue weighted by Crippen LogP contribution is 2.49. The topological polar surface area (TPSA) is 61.4 Å². The summed E-state index contributed by atoms with van der Waals surface area (Å²) in [5.74, 6) is 0.00288. The maximum absolute atomic E-state index is 12.8. The van der Waals surface area contributed by atoms with E-state index in [4.69, 9.17) is 0 Å². The van der Waals surface area contributed by atoms with Gasteiger partial charge in [-0.2, -0.15) is 0 Å². The highest BCUT2D eigenvalue weighted by Gasteiger charge is 2.52. The molecule has 5 nitrogen and oxygen atoms in total. The van der Waals surface area contributed by atoms with Gasteiger partial charge in [0.1, 0.15) is 0 Å². The first-order chi connectivity index (χ1) is 11.9. The Morgan fingerprint density at radius 2 is 1.88 bits per heavy atom. The van der Waals surface area contributed by atoms with Gasteiger partial charge >= 0.3 is 6.03 Å². The lowest BCUT2D eigenvalue weighted by Crippen LogP contribution is -2.42. The van der Waals surface area contributed by atoms with Gasteiger partial charge < -0.3 is 15.5 Å². The van der Waals surface area contributed by atoms with Crippen molar-refractivity contribution >= 4 is 17.6 Å². The van der Waals surface area contributed by atoms with Crippen molar-refractivity contribution in [2.45, 2.75) is 52.5 Å². The van der Waals surface area contributed by atoms with Crippen molar-refractivity contribution in [3.05, 3.63) is 29.8 Å². The number of benzene rings is 1. The summed E-state index contributed by atoms with van der Waals surface area (Å²) in [6.07, 6.45) is 4.38. The number of carbonyl (C=O) groups excluding carboxylic acids is 2. The van der Waals surface area contributed by atoms with Gasteiger partial charge in [0.2, 0.25) is 5.91 Å². The van der Waals surface area contributed by atoms with Crippen LogP contribution in [0.3, 0.4) is 0 Å². The van der Waals surface area contributed by atoms with Crippen LogP contribution in [0.2, 0.25) is 0 Å². The lowest BCUT2D eigenvalue weighted by Gasteiger charge is -2.29. The van der Waals surface area contributed by atoms with E-state index in [-0.39, 0.29) is 29.3 Å². The lowest BCUT2D eigenvalue weighted by atomic mass is 9.76. The van der Waals surface area contributed by atoms with E-state index in [0.29, 0.717) is 13.1 Å². The Balaban J connectivity index is 1.74. The number of hydrogen-bond acceptors (Lipinski definition) is 2. The summed E-state index contributed by atoms with van der Waals surface area (Å²) in [5.41, 5.74) is 1.84. The number of rotatable bonds is 3. The quantitative estimate of drug-likeness (QED) is 0.882. The molecule has 1 spiro atoms. The number of carbonyl (C=O) groups is 2. The van der Waals surface area contributed by atoms with Crippen molar-refractivity contribution in [3.63, 3.8) is 0 Å². The number of nitrogens with zero attached hydrogens (tertiary/aromatic N) is 1. The summed E-state index contributed by atoms with van der Waals surface area (Å²) in [7, 11) is 0. The van der Waals surface area contributed by atoms with Gasteiger partial charge in [0.05, 0.1) is 5.92 Å². The third kappa shape index (κ3) is 3.65. The molecular weight excluding hydrogens is 314 g/mol. The molecule has 136 valence electrons. The Bertz CT molecular complexity index is 650. The van der Waals surface area contributed by atoms with Gasteiger partial charge in [-0.05, 0) is 45.2 Å². The molecule has 5 heteroatoms. The number of aryl methyl sites for hydroxylation is 1. The monoisotopic (exact) mass is 343 g/mol. The number of para-hydroxylation sites is 1. The Labute approximate surface area is 150 Å². The number of likely N-dealkylation sites (tertiary alicyclic amines) is 1. The molecule has 1 aliphatic carbocycles. The Hall–Kier alpha value is -2.04. The first kappa shape index (κ1) is 17.8. The number of nitrogens with one attached hydrogen (secondary N) is 2. The molecule has 2 fully saturated rings. The molecule has 0 bridgehead atoms. The molecule has 0 aromatic heterocycles. The summed E-state index contributed by atoms with van der Waals surface area (Å²) in [6.45, 7) is 7.14. The highest BCUT2D eigenvalue weighted by atomic mass is 16.2. The minimum atomic E-state index is -0.0972. The first-order valence-electron chi connectivity index (χ1n) is 9.33. The fourth-order valence-electron chi connectivity index (χ4n) is 4.36. The maximum atomic E-state index is 12.8. The van der Waals surface area contributed by atoms with Gasteiger partial charge in [0.25, 0.3) is 0 Å². The van der Waals surface area contributed by atoms with Gasteiger partial charge in [-0.1, -0.05) is 31.0 Å². The summed E-state index contributed by atoms with van der Waals surface area (Å²) in [4.78, 5) is 27.3. The van der Waals surface area contributed by atoms with Crippen molar-refractivity contribution in [1.82, 2.24) is 10.2 Å². The molecule has 1 aromatic carbocycles. The number of amides is 3. The molecule has 1 aliphatic heterocycles. The molecule has 2 aliphatic rings. The molecule has 1 atom stereocenters. The van der Waals surface area contributed by atoms with E-state index in [9.17, 15) is 9.59 Å². The average molecular weight is 343 g/mol. The predicted octanol–water partition coefficient (Wildman–Crippen LogP) is 3.54. The third-order valence-electron chi connectivity index (χ3n) is 5.67. The van der Waals surface area contributed by atoms with Crippen LogP contribution < -0.4 is 10.6 Å². The summed E-state index contributed by atoms with van der Waals surface area (Å²) in [5, 5.41) is 6.07. The van der Waals surface area contributed by atoms with Crippen LogP contribution >= 0.6 is 0 Å². The molecule has 0 radical (unpaired) electrons. The van der Waals surface area contributed by atoms with Gasteiger partial charge in [-0.3, -0.25) is 4.79 Å². The Morgan fingerprint density at radius 3 is 2.52 bits per heavy atom. The van der Waals surface area contributed by atoms with Crippen LogP contribution in [0.5, 0.6) is 0 Å². The zero-order valence-electron chi connectivity index (χ0n) is 15.5. The van der Waals surface area contributed by atoms with E-state index in [0.717, 1.165) is 36.9 Å². The molecule has 1 heterocycles. The second kappa shape index (κ2) is 7.06. The third-order valence-corrected chi connectivity index (χ3v) is 5.67. The van der Waals surface area contributed by atoms with E-state index in [2.05, 4.69) is 10.6 Å². The van der Waals surface area contributed by atoms with Crippen molar-refractivity contribution < 1.29 is 9.59 Å². The molecule has 25 heavy (non-hydrogen) atoms. The number of hydrogen-bond donors (Lipinski definition) is 2. The second-order valence-corrected chi connectivity index (χ2v) is 7.91. The van der Waals surface area contributed by atoms with Crippen LogP contribution in [-0.2, 0) is 4.79 Å². The number of urea groups is 1. The Kier molecular flexibility index (Phi) is 5.02. The predicted molar refractivity (Wildman–Crippen MR) is 99.4 cm³/mol. The summed E-state index contributed by atoms with van der Waals surface area (Å²) < 4.78 is 0. The van der Waals surface area contributed by atoms with Crippen LogP contribution in [0.25, 0.3) is 0 Å². The van der Waals surface area contributed by atoms with E-state index in [1.165, 1.54) is 0 Å².